The normalized spacial score (nSPS) is 14.4. The fourth-order valence-corrected chi connectivity index (χ4v) is 3.33. The minimum absolute atomic E-state index is 0.0123. The van der Waals surface area contributed by atoms with Gasteiger partial charge in [-0.1, -0.05) is 6.07 Å². The molecular formula is C15H16N4O3S. The predicted octanol–water partition coefficient (Wildman–Crippen LogP) is 1.36. The largest absolute Gasteiger partial charge is 0.384 e. The zero-order valence-corrected chi connectivity index (χ0v) is 13.0. The van der Waals surface area contributed by atoms with Crippen LogP contribution in [0.15, 0.2) is 47.5 Å². The van der Waals surface area contributed by atoms with Crippen molar-refractivity contribution in [3.05, 3.63) is 48.2 Å². The summed E-state index contributed by atoms with van der Waals surface area (Å²) < 4.78 is 27.0. The molecular weight excluding hydrogens is 316 g/mol. The van der Waals surface area contributed by atoms with E-state index in [0.717, 1.165) is 12.8 Å². The van der Waals surface area contributed by atoms with Crippen molar-refractivity contribution in [2.75, 3.05) is 11.1 Å². The first-order valence-corrected chi connectivity index (χ1v) is 8.58. The van der Waals surface area contributed by atoms with Crippen molar-refractivity contribution < 1.29 is 13.2 Å². The zero-order valence-electron chi connectivity index (χ0n) is 12.2. The van der Waals surface area contributed by atoms with Crippen LogP contribution in [0.5, 0.6) is 0 Å². The Kier molecular flexibility index (Phi) is 4.01. The molecule has 4 N–H and O–H groups in total. The number of nitrogens with zero attached hydrogens (tertiary/aromatic N) is 1. The van der Waals surface area contributed by atoms with Crippen molar-refractivity contribution in [3.63, 3.8) is 0 Å². The number of amides is 1. The maximum atomic E-state index is 12.2. The van der Waals surface area contributed by atoms with Gasteiger partial charge in [0.1, 0.15) is 5.82 Å². The lowest BCUT2D eigenvalue weighted by atomic mass is 10.2. The Labute approximate surface area is 134 Å². The van der Waals surface area contributed by atoms with Gasteiger partial charge in [-0.2, -0.15) is 0 Å². The molecule has 0 saturated heterocycles. The van der Waals surface area contributed by atoms with Gasteiger partial charge < -0.3 is 11.1 Å². The lowest BCUT2D eigenvalue weighted by Crippen LogP contribution is -2.26. The van der Waals surface area contributed by atoms with Crippen LogP contribution >= 0.6 is 0 Å². The first-order valence-electron chi connectivity index (χ1n) is 7.09. The molecule has 0 atom stereocenters. The number of pyridine rings is 1. The van der Waals surface area contributed by atoms with Crippen molar-refractivity contribution in [3.8, 4) is 0 Å². The molecule has 23 heavy (non-hydrogen) atoms. The van der Waals surface area contributed by atoms with Gasteiger partial charge in [0.15, 0.2) is 0 Å². The summed E-state index contributed by atoms with van der Waals surface area (Å²) >= 11 is 0. The van der Waals surface area contributed by atoms with E-state index in [1.807, 2.05) is 0 Å². The van der Waals surface area contributed by atoms with Crippen LogP contribution in [0, 0.1) is 0 Å². The van der Waals surface area contributed by atoms with Crippen LogP contribution in [0.2, 0.25) is 0 Å². The molecule has 0 aliphatic heterocycles. The summed E-state index contributed by atoms with van der Waals surface area (Å²) in [7, 11) is -3.59. The number of nitrogens with one attached hydrogen (secondary N) is 2. The molecule has 8 heteroatoms. The third kappa shape index (κ3) is 3.85. The summed E-state index contributed by atoms with van der Waals surface area (Å²) in [6.07, 6.45) is 3.13. The minimum Gasteiger partial charge on any atom is -0.384 e. The Hall–Kier alpha value is -2.45. The third-order valence-electron chi connectivity index (χ3n) is 3.35. The Morgan fingerprint density at radius 2 is 2.00 bits per heavy atom. The smallest absolute Gasteiger partial charge is 0.255 e. The molecule has 1 heterocycles. The summed E-state index contributed by atoms with van der Waals surface area (Å²) in [6.45, 7) is 0. The summed E-state index contributed by atoms with van der Waals surface area (Å²) in [5.74, 6) is -0.0673. The summed E-state index contributed by atoms with van der Waals surface area (Å²) in [4.78, 5) is 16.2. The number of carbonyl (C=O) groups excluding carboxylic acids is 1. The third-order valence-corrected chi connectivity index (χ3v) is 4.87. The molecule has 0 spiro atoms. The molecule has 120 valence electrons. The zero-order chi connectivity index (χ0) is 16.4. The Morgan fingerprint density at radius 1 is 1.22 bits per heavy atom. The SMILES string of the molecule is Nc1ccc(NC(=O)c2cccc(S(=O)(=O)NC3CC3)c2)cn1. The number of nitrogen functional groups attached to an aromatic ring is 1. The molecule has 2 aromatic rings. The minimum atomic E-state index is -3.59. The first kappa shape index (κ1) is 15.4. The highest BCUT2D eigenvalue weighted by molar-refractivity contribution is 7.89. The number of sulfonamides is 1. The maximum absolute atomic E-state index is 12.2. The molecule has 1 fully saturated rings. The van der Waals surface area contributed by atoms with Gasteiger partial charge in [-0.3, -0.25) is 4.79 Å². The maximum Gasteiger partial charge on any atom is 0.255 e. The predicted molar refractivity (Wildman–Crippen MR) is 86.4 cm³/mol. The molecule has 1 amide bonds. The van der Waals surface area contributed by atoms with Gasteiger partial charge in [0.05, 0.1) is 16.8 Å². The molecule has 1 saturated carbocycles. The lowest BCUT2D eigenvalue weighted by molar-refractivity contribution is 0.102. The number of hydrogen-bond donors (Lipinski definition) is 3. The Morgan fingerprint density at radius 3 is 2.65 bits per heavy atom. The number of aromatic nitrogens is 1. The fourth-order valence-electron chi connectivity index (χ4n) is 1.98. The quantitative estimate of drug-likeness (QED) is 0.765. The Bertz CT molecular complexity index is 830. The van der Waals surface area contributed by atoms with Crippen LogP contribution in [0.3, 0.4) is 0 Å². The first-order chi connectivity index (χ1) is 10.9. The van der Waals surface area contributed by atoms with Gasteiger partial charge in [-0.15, -0.1) is 0 Å². The van der Waals surface area contributed by atoms with Crippen molar-refractivity contribution in [2.45, 2.75) is 23.8 Å². The lowest BCUT2D eigenvalue weighted by Gasteiger charge is -2.08. The molecule has 1 aliphatic carbocycles. The molecule has 3 rings (SSSR count). The molecule has 1 aromatic heterocycles. The van der Waals surface area contributed by atoms with Gasteiger partial charge in [0.25, 0.3) is 5.91 Å². The molecule has 0 bridgehead atoms. The van der Waals surface area contributed by atoms with E-state index in [9.17, 15) is 13.2 Å². The van der Waals surface area contributed by atoms with E-state index in [2.05, 4.69) is 15.0 Å². The van der Waals surface area contributed by atoms with Crippen molar-refractivity contribution >= 4 is 27.4 Å². The van der Waals surface area contributed by atoms with Crippen LogP contribution < -0.4 is 15.8 Å². The van der Waals surface area contributed by atoms with Crippen LogP contribution in [0.25, 0.3) is 0 Å². The van der Waals surface area contributed by atoms with Crippen molar-refractivity contribution in [1.82, 2.24) is 9.71 Å². The average molecular weight is 332 g/mol. The van der Waals surface area contributed by atoms with Gasteiger partial charge in [0, 0.05) is 11.6 Å². The highest BCUT2D eigenvalue weighted by Gasteiger charge is 2.28. The second-order valence-corrected chi connectivity index (χ2v) is 7.06. The number of anilines is 2. The van der Waals surface area contributed by atoms with Crippen molar-refractivity contribution in [2.24, 2.45) is 0 Å². The average Bonchev–Trinajstić information content (AvgIpc) is 3.33. The van der Waals surface area contributed by atoms with Crippen molar-refractivity contribution in [1.29, 1.82) is 0 Å². The van der Waals surface area contributed by atoms with E-state index in [1.165, 1.54) is 24.4 Å². The van der Waals surface area contributed by atoms with E-state index in [1.54, 1.807) is 18.2 Å². The van der Waals surface area contributed by atoms with Gasteiger partial charge in [-0.05, 0) is 43.2 Å². The summed E-state index contributed by atoms with van der Waals surface area (Å²) in [5.41, 5.74) is 6.21. The molecule has 0 radical (unpaired) electrons. The van der Waals surface area contributed by atoms with Gasteiger partial charge in [0.2, 0.25) is 10.0 Å². The van der Waals surface area contributed by atoms with E-state index >= 15 is 0 Å². The number of hydrogen-bond acceptors (Lipinski definition) is 5. The molecule has 7 nitrogen and oxygen atoms in total. The molecule has 1 aromatic carbocycles. The molecule has 1 aliphatic rings. The Balaban J connectivity index is 1.78. The second kappa shape index (κ2) is 5.98. The van der Waals surface area contributed by atoms with Crippen LogP contribution in [-0.2, 0) is 10.0 Å². The highest BCUT2D eigenvalue weighted by atomic mass is 32.2. The van der Waals surface area contributed by atoms with E-state index in [0.29, 0.717) is 11.5 Å². The standard InChI is InChI=1S/C15H16N4O3S/c16-14-7-6-12(9-17-14)18-15(20)10-2-1-3-13(8-10)23(21,22)19-11-4-5-11/h1-3,6-9,11,19H,4-5H2,(H2,16,17)(H,18,20). The summed E-state index contributed by atoms with van der Waals surface area (Å²) in [5, 5.41) is 2.64. The van der Waals surface area contributed by atoms with E-state index in [4.69, 9.17) is 5.73 Å². The van der Waals surface area contributed by atoms with E-state index in [-0.39, 0.29) is 16.5 Å². The topological polar surface area (TPSA) is 114 Å². The summed E-state index contributed by atoms with van der Waals surface area (Å²) in [6, 6.07) is 9.11. The van der Waals surface area contributed by atoms with Crippen LogP contribution in [0.1, 0.15) is 23.2 Å². The van der Waals surface area contributed by atoms with E-state index < -0.39 is 15.9 Å². The number of rotatable bonds is 5. The number of benzene rings is 1. The van der Waals surface area contributed by atoms with Gasteiger partial charge >= 0.3 is 0 Å². The van der Waals surface area contributed by atoms with Crippen LogP contribution in [0.4, 0.5) is 11.5 Å². The highest BCUT2D eigenvalue weighted by Crippen LogP contribution is 2.22. The van der Waals surface area contributed by atoms with Crippen LogP contribution in [-0.4, -0.2) is 25.4 Å². The number of nitrogens with two attached hydrogens (primary N) is 1. The number of carbonyl (C=O) groups is 1. The van der Waals surface area contributed by atoms with Gasteiger partial charge in [-0.25, -0.2) is 18.1 Å². The molecule has 0 unspecified atom stereocenters. The monoisotopic (exact) mass is 332 g/mol. The fraction of sp³-hybridized carbons (Fsp3) is 0.200. The second-order valence-electron chi connectivity index (χ2n) is 5.35.